The van der Waals surface area contributed by atoms with Crippen LogP contribution in [-0.2, 0) is 112 Å². The molecule has 24 atom stereocenters. The van der Waals surface area contributed by atoms with E-state index in [0.29, 0.717) is 0 Å². The van der Waals surface area contributed by atoms with Gasteiger partial charge in [-0.05, 0) is 51.4 Å². The van der Waals surface area contributed by atoms with Crippen molar-refractivity contribution in [2.75, 3.05) is 52.9 Å². The molecule has 8 aliphatic rings. The highest BCUT2D eigenvalue weighted by atomic mass is 35.5. The van der Waals surface area contributed by atoms with Crippen molar-refractivity contribution < 1.29 is 112 Å². The van der Waals surface area contributed by atoms with Crippen molar-refractivity contribution in [1.29, 1.82) is 0 Å². The molecule has 8 fully saturated rings. The topological polar surface area (TPSA) is 552 Å². The van der Waals surface area contributed by atoms with Gasteiger partial charge in [0.05, 0.1) is 74.3 Å². The number of carbonyl (C=O) groups excluding carboxylic acids is 4. The molecule has 0 amide bonds. The summed E-state index contributed by atoms with van der Waals surface area (Å²) in [4.78, 5) is 145. The lowest BCUT2D eigenvalue weighted by atomic mass is 10.0. The summed E-state index contributed by atoms with van der Waals surface area (Å²) in [5, 5.41) is 11.4. The highest BCUT2D eigenvalue weighted by Crippen LogP contribution is 2.62. The Bertz CT molecular complexity index is 4670. The van der Waals surface area contributed by atoms with E-state index in [1.54, 1.807) is 83.1 Å². The number of aromatic amines is 4. The number of fused-ring (bicyclic) bond motifs is 4. The Morgan fingerprint density at radius 1 is 0.352 bits per heavy atom. The molecule has 128 heavy (non-hydrogen) atoms. The van der Waals surface area contributed by atoms with Crippen molar-refractivity contribution in [3.63, 3.8) is 0 Å². The fraction of sp³-hybridized carbons (Fsp3) is 0.737. The van der Waals surface area contributed by atoms with E-state index >= 15 is 0 Å². The number of esters is 4. The molecule has 52 heteroatoms. The molecule has 12 rings (SSSR count). The van der Waals surface area contributed by atoms with Gasteiger partial charge >= 0.3 is 77.6 Å². The molecular weight excluding hydrogens is 1860 g/mol. The monoisotopic (exact) mass is 1970 g/mol. The number of ether oxygens (including phenoxy) is 8. The first-order chi connectivity index (χ1) is 59.3. The van der Waals surface area contributed by atoms with Crippen molar-refractivity contribution in [2.45, 2.75) is 256 Å². The van der Waals surface area contributed by atoms with Crippen LogP contribution in [-0.4, -0.2) is 207 Å². The van der Waals surface area contributed by atoms with Crippen LogP contribution in [0.1, 0.15) is 163 Å². The van der Waals surface area contributed by atoms with Gasteiger partial charge in [-0.25, -0.2) is 57.8 Å². The fourth-order valence-corrected chi connectivity index (χ4v) is 23.3. The number of aromatic nitrogens is 8. The molecule has 0 saturated carbocycles. The quantitative estimate of drug-likeness (QED) is 0.0122. The van der Waals surface area contributed by atoms with Gasteiger partial charge in [-0.3, -0.25) is 113 Å². The highest BCUT2D eigenvalue weighted by molar-refractivity contribution is 7.52. The maximum absolute atomic E-state index is 13.4. The zero-order valence-electron chi connectivity index (χ0n) is 74.3. The summed E-state index contributed by atoms with van der Waals surface area (Å²) < 4.78 is 148. The smallest absolute Gasteiger partial charge is 0.406 e. The number of alkyl halides is 4. The number of halogens is 4. The van der Waals surface area contributed by atoms with Gasteiger partial charge in [-0.2, -0.15) is 0 Å². The molecule has 12 heterocycles. The molecule has 720 valence electrons. The lowest BCUT2D eigenvalue weighted by Crippen LogP contribution is -2.48. The van der Waals surface area contributed by atoms with E-state index in [0.717, 1.165) is 18.3 Å². The largest absolute Gasteiger partial charge is 0.464 e. The zero-order valence-corrected chi connectivity index (χ0v) is 80.9. The van der Waals surface area contributed by atoms with Gasteiger partial charge in [0, 0.05) is 49.1 Å². The number of H-pyrrole nitrogens is 4. The maximum Gasteiger partial charge on any atom is 0.406 e. The van der Waals surface area contributed by atoms with Crippen molar-refractivity contribution in [3.05, 3.63) is 132 Å². The summed E-state index contributed by atoms with van der Waals surface area (Å²) in [5.41, 5.74) is -4.98. The van der Waals surface area contributed by atoms with Crippen LogP contribution in [0, 0.1) is 47.3 Å². The SMILES string of the molecule is CC(C)C(=O)OCC(NP1(=O)OC[C@H]2O[C@@H](n3ccc(=O)[nH]c3=O)[C@](C)(Cl)[C@@H]2O1)C(C)C.CC(C)C(=O)OC[C@@H](NP1(=O)OC[C@H]2O[C@@H](n3ccc(=O)[nH]c3=O)[C@](C)(Cl)[C@@H]2O1)C(C)C.CC(C)C(=O)OC[C@H](NP1(=O)OC[C@H]2O[C@@H](n3ccc(=O)[nH]c3=O)[C@](C)(Cl)[C@@H]2O1)C(C)C.CC(C)C(=O)OC[C@H](N[P@@]1(=O)OC[C@H]2O[C@@H](n3ccc(=O)[nH]c3=O)[C@](C)(Cl)[C@@H]2O1)C(C)C. The van der Waals surface area contributed by atoms with Gasteiger partial charge in [-0.1, -0.05) is 111 Å². The molecule has 4 unspecified atom stereocenters. The zero-order chi connectivity index (χ0) is 95.4. The van der Waals surface area contributed by atoms with E-state index in [9.17, 15) is 75.8 Å². The molecule has 4 aromatic rings. The third-order valence-corrected chi connectivity index (χ3v) is 30.0. The summed E-state index contributed by atoms with van der Waals surface area (Å²) in [7, 11) is -15.4. The molecule has 4 aromatic heterocycles. The minimum atomic E-state index is -3.85. The maximum atomic E-state index is 13.4. The van der Waals surface area contributed by atoms with Gasteiger partial charge in [0.15, 0.2) is 24.9 Å². The number of nitrogens with zero attached hydrogens (tertiary/aromatic N) is 4. The Labute approximate surface area is 755 Å². The van der Waals surface area contributed by atoms with Crippen LogP contribution in [0.15, 0.2) is 87.4 Å². The van der Waals surface area contributed by atoms with E-state index in [2.05, 4.69) is 40.3 Å². The van der Waals surface area contributed by atoms with Crippen LogP contribution in [0.25, 0.3) is 0 Å². The lowest BCUT2D eigenvalue weighted by Gasteiger charge is -2.37. The molecule has 0 bridgehead atoms. The molecule has 0 radical (unpaired) electrons. The van der Waals surface area contributed by atoms with Crippen LogP contribution >= 0.6 is 77.4 Å². The minimum absolute atomic E-state index is 0.0104. The summed E-state index contributed by atoms with van der Waals surface area (Å²) in [5.74, 6) is -2.85. The highest BCUT2D eigenvalue weighted by Gasteiger charge is 2.64. The first kappa shape index (κ1) is 106. The molecule has 8 saturated heterocycles. The van der Waals surface area contributed by atoms with E-state index in [4.69, 9.17) is 120 Å². The van der Waals surface area contributed by atoms with Crippen LogP contribution in [0.5, 0.6) is 0 Å². The number of hydrogen-bond donors (Lipinski definition) is 8. The second kappa shape index (κ2) is 42.7. The molecule has 8 aliphatic heterocycles. The number of hydrogen-bond acceptors (Lipinski definition) is 32. The van der Waals surface area contributed by atoms with Crippen LogP contribution in [0.3, 0.4) is 0 Å². The summed E-state index contributed by atoms with van der Waals surface area (Å²) in [6.07, 6.45) is -5.17. The third-order valence-electron chi connectivity index (χ3n) is 21.8. The van der Waals surface area contributed by atoms with Gasteiger partial charge in [0.2, 0.25) is 0 Å². The summed E-state index contributed by atoms with van der Waals surface area (Å²) in [6.45, 7) is 34.8. The number of nitrogens with one attached hydrogen (secondary N) is 8. The molecule has 0 aromatic carbocycles. The van der Waals surface area contributed by atoms with Gasteiger partial charge in [-0.15, -0.1) is 46.4 Å². The van der Waals surface area contributed by atoms with E-state index < -0.39 is 193 Å². The Hall–Kier alpha value is -5.96. The van der Waals surface area contributed by atoms with Crippen molar-refractivity contribution in [1.82, 2.24) is 58.6 Å². The molecular formula is C76H116Cl4N12O32P4. The standard InChI is InChI=1S/4C19H29ClN3O8P/c4*1-10(2)12(8-28-16(25)11(3)4)22-32(27)29-9-13-15(31-32)19(5,20)17(30-13)23-7-6-14(24)21-18(23)26/h4*6-7,10-13,15,17H,8-9H2,1-5H3,(H,22,27)(H,21,24,26)/t12?,13-,15-,17-,19-,32?;12-,13+,15+,17+,19+,32?;12-,13+,15+,17+,19+,32+;12-,13-,15-,17-,19-,32?/m1001/s1. The first-order valence-corrected chi connectivity index (χ1v) is 49.2. The molecule has 0 aliphatic carbocycles. The lowest BCUT2D eigenvalue weighted by molar-refractivity contribution is -0.149. The first-order valence-electron chi connectivity index (χ1n) is 41.5. The Morgan fingerprint density at radius 3 is 0.672 bits per heavy atom. The molecule has 0 spiro atoms. The van der Waals surface area contributed by atoms with Crippen LogP contribution in [0.2, 0.25) is 0 Å². The Morgan fingerprint density at radius 2 is 0.523 bits per heavy atom. The average molecular weight is 1980 g/mol. The van der Waals surface area contributed by atoms with Gasteiger partial charge in [0.25, 0.3) is 22.2 Å². The average Bonchev–Trinajstić information content (AvgIpc) is 1.46. The fourth-order valence-electron chi connectivity index (χ4n) is 13.8. The predicted molar refractivity (Wildman–Crippen MR) is 462 cm³/mol. The Kier molecular flexibility index (Phi) is 35.3. The predicted octanol–water partition coefficient (Wildman–Crippen LogP) is 7.07. The molecule has 44 nitrogen and oxygen atoms in total. The van der Waals surface area contributed by atoms with Crippen LogP contribution in [0.4, 0.5) is 0 Å². The van der Waals surface area contributed by atoms with Crippen molar-refractivity contribution in [3.8, 4) is 0 Å². The Balaban J connectivity index is 0.000000193. The molecule has 8 N–H and O–H groups in total. The summed E-state index contributed by atoms with van der Waals surface area (Å²) >= 11 is 27.0. The van der Waals surface area contributed by atoms with E-state index in [1.165, 1.54) is 49.1 Å². The van der Waals surface area contributed by atoms with Gasteiger partial charge < -0.3 is 37.9 Å². The number of rotatable bonds is 28. The summed E-state index contributed by atoms with van der Waals surface area (Å²) in [6, 6.07) is 2.71. The normalized spacial score (nSPS) is 33.3. The van der Waals surface area contributed by atoms with Crippen molar-refractivity contribution in [2.24, 2.45) is 47.3 Å². The second-order valence-electron chi connectivity index (χ2n) is 35.1. The number of carbonyl (C=O) groups is 4. The third kappa shape index (κ3) is 25.5. The van der Waals surface area contributed by atoms with Crippen molar-refractivity contribution >= 4 is 101 Å². The second-order valence-corrected chi connectivity index (χ2v) is 45.3. The van der Waals surface area contributed by atoms with Gasteiger partial charge in [0.1, 0.15) is 94.8 Å². The van der Waals surface area contributed by atoms with E-state index in [-0.39, 0.29) is 124 Å². The van der Waals surface area contributed by atoms with E-state index in [1.807, 2.05) is 55.4 Å². The minimum Gasteiger partial charge on any atom is -0.464 e. The van der Waals surface area contributed by atoms with Crippen LogP contribution < -0.4 is 65.3 Å².